The molecule has 2 fully saturated rings. The van der Waals surface area contributed by atoms with Crippen LogP contribution in [-0.2, 0) is 4.79 Å². The number of ether oxygens (including phenoxy) is 1. The summed E-state index contributed by atoms with van der Waals surface area (Å²) in [4.78, 5) is 33.6. The lowest BCUT2D eigenvalue weighted by Crippen LogP contribution is -2.64. The smallest absolute Gasteiger partial charge is 0.276 e. The van der Waals surface area contributed by atoms with Gasteiger partial charge < -0.3 is 24.1 Å². The van der Waals surface area contributed by atoms with E-state index in [1.807, 2.05) is 30.3 Å². The quantitative estimate of drug-likeness (QED) is 0.804. The fourth-order valence-corrected chi connectivity index (χ4v) is 4.63. The molecule has 8 heteroatoms. The van der Waals surface area contributed by atoms with Gasteiger partial charge in [-0.1, -0.05) is 18.2 Å². The number of rotatable bonds is 5. The number of likely N-dealkylation sites (tertiary alicyclic amines) is 2. The van der Waals surface area contributed by atoms with Gasteiger partial charge in [0.15, 0.2) is 18.7 Å². The SMILES string of the molecule is Cc1ocnc1C(=O)N1CCC[C@@]2(CO)CCN(C(=O)COc3ccccc3)C[C@H]12. The van der Waals surface area contributed by atoms with Crippen molar-refractivity contribution in [2.75, 3.05) is 32.8 Å². The number of aromatic nitrogens is 1. The minimum absolute atomic E-state index is 0.0121. The summed E-state index contributed by atoms with van der Waals surface area (Å²) in [6.45, 7) is 3.13. The number of aliphatic hydroxyl groups excluding tert-OH is 1. The molecular weight excluding hydrogens is 386 g/mol. The van der Waals surface area contributed by atoms with Crippen LogP contribution in [0.15, 0.2) is 41.1 Å². The van der Waals surface area contributed by atoms with Gasteiger partial charge in [0.2, 0.25) is 0 Å². The van der Waals surface area contributed by atoms with E-state index in [1.54, 1.807) is 16.7 Å². The Morgan fingerprint density at radius 3 is 2.77 bits per heavy atom. The molecule has 8 nitrogen and oxygen atoms in total. The first kappa shape index (κ1) is 20.4. The molecule has 0 aliphatic carbocycles. The minimum atomic E-state index is -0.400. The monoisotopic (exact) mass is 413 g/mol. The van der Waals surface area contributed by atoms with Crippen LogP contribution < -0.4 is 4.74 Å². The van der Waals surface area contributed by atoms with Gasteiger partial charge in [-0.3, -0.25) is 9.59 Å². The van der Waals surface area contributed by atoms with E-state index in [-0.39, 0.29) is 31.1 Å². The second kappa shape index (κ2) is 8.47. The van der Waals surface area contributed by atoms with Crippen molar-refractivity contribution in [3.63, 3.8) is 0 Å². The Hall–Kier alpha value is -2.87. The number of aryl methyl sites for hydroxylation is 1. The van der Waals surface area contributed by atoms with Crippen molar-refractivity contribution < 1.29 is 23.8 Å². The Balaban J connectivity index is 1.50. The number of para-hydroxylation sites is 1. The molecule has 2 aliphatic heterocycles. The summed E-state index contributed by atoms with van der Waals surface area (Å²) in [7, 11) is 0. The van der Waals surface area contributed by atoms with Gasteiger partial charge >= 0.3 is 0 Å². The number of piperidine rings is 2. The lowest BCUT2D eigenvalue weighted by molar-refractivity contribution is -0.141. The zero-order valence-electron chi connectivity index (χ0n) is 17.1. The number of nitrogens with zero attached hydrogens (tertiary/aromatic N) is 3. The van der Waals surface area contributed by atoms with Gasteiger partial charge in [-0.25, -0.2) is 4.98 Å². The van der Waals surface area contributed by atoms with Crippen molar-refractivity contribution in [3.8, 4) is 5.75 Å². The Labute approximate surface area is 175 Å². The summed E-state index contributed by atoms with van der Waals surface area (Å²) >= 11 is 0. The van der Waals surface area contributed by atoms with Gasteiger partial charge in [0, 0.05) is 25.0 Å². The van der Waals surface area contributed by atoms with Crippen molar-refractivity contribution in [1.29, 1.82) is 0 Å². The molecule has 0 radical (unpaired) electrons. The van der Waals surface area contributed by atoms with Crippen LogP contribution in [0.3, 0.4) is 0 Å². The molecule has 30 heavy (non-hydrogen) atoms. The van der Waals surface area contributed by atoms with Crippen molar-refractivity contribution in [1.82, 2.24) is 14.8 Å². The third-order valence-electron chi connectivity index (χ3n) is 6.41. The third kappa shape index (κ3) is 3.79. The van der Waals surface area contributed by atoms with E-state index < -0.39 is 5.41 Å². The maximum atomic E-state index is 13.2. The molecule has 2 aromatic rings. The molecule has 2 saturated heterocycles. The van der Waals surface area contributed by atoms with E-state index in [2.05, 4.69) is 4.98 Å². The standard InChI is InChI=1S/C22H27N3O5/c1-16-20(23-15-30-16)21(28)25-10-5-8-22(14-26)9-11-24(12-18(22)25)19(27)13-29-17-6-3-2-4-7-17/h2-4,6-7,15,18,26H,5,8-14H2,1H3/t18-,22-/m0/s1. The zero-order chi connectivity index (χ0) is 21.1. The molecule has 1 N–H and O–H groups in total. The van der Waals surface area contributed by atoms with E-state index in [9.17, 15) is 14.7 Å². The predicted molar refractivity (Wildman–Crippen MR) is 108 cm³/mol. The van der Waals surface area contributed by atoms with Gasteiger partial charge in [0.05, 0.1) is 12.6 Å². The van der Waals surface area contributed by atoms with Crippen LogP contribution in [-0.4, -0.2) is 70.6 Å². The first-order chi connectivity index (χ1) is 14.5. The van der Waals surface area contributed by atoms with Crippen molar-refractivity contribution in [2.45, 2.75) is 32.2 Å². The predicted octanol–water partition coefficient (Wildman–Crippen LogP) is 1.88. The number of carbonyl (C=O) groups is 2. The second-order valence-electron chi connectivity index (χ2n) is 8.09. The van der Waals surface area contributed by atoms with Gasteiger partial charge in [-0.15, -0.1) is 0 Å². The molecule has 1 aromatic carbocycles. The molecule has 0 spiro atoms. The van der Waals surface area contributed by atoms with Crippen molar-refractivity contribution in [3.05, 3.63) is 48.2 Å². The Morgan fingerprint density at radius 2 is 2.07 bits per heavy atom. The molecule has 2 amide bonds. The highest BCUT2D eigenvalue weighted by molar-refractivity contribution is 5.93. The first-order valence-electron chi connectivity index (χ1n) is 10.3. The molecule has 0 saturated carbocycles. The Bertz CT molecular complexity index is 899. The lowest BCUT2D eigenvalue weighted by Gasteiger charge is -2.54. The van der Waals surface area contributed by atoms with Crippen LogP contribution in [0.4, 0.5) is 0 Å². The van der Waals surface area contributed by atoms with Gasteiger partial charge in [-0.2, -0.15) is 0 Å². The maximum absolute atomic E-state index is 13.2. The zero-order valence-corrected chi connectivity index (χ0v) is 17.1. The van der Waals surface area contributed by atoms with E-state index >= 15 is 0 Å². The van der Waals surface area contributed by atoms with Crippen molar-refractivity contribution >= 4 is 11.8 Å². The van der Waals surface area contributed by atoms with E-state index in [0.29, 0.717) is 43.3 Å². The summed E-state index contributed by atoms with van der Waals surface area (Å²) in [5, 5.41) is 10.2. The van der Waals surface area contributed by atoms with E-state index in [0.717, 1.165) is 12.8 Å². The Kier molecular flexibility index (Phi) is 5.76. The summed E-state index contributed by atoms with van der Waals surface area (Å²) in [6, 6.07) is 8.94. The van der Waals surface area contributed by atoms with E-state index in [1.165, 1.54) is 6.39 Å². The highest BCUT2D eigenvalue weighted by Gasteiger charge is 2.50. The number of aliphatic hydroxyl groups is 1. The lowest BCUT2D eigenvalue weighted by atomic mass is 9.69. The number of benzene rings is 1. The highest BCUT2D eigenvalue weighted by atomic mass is 16.5. The van der Waals surface area contributed by atoms with Gasteiger partial charge in [0.1, 0.15) is 11.5 Å². The average Bonchev–Trinajstić information content (AvgIpc) is 3.22. The summed E-state index contributed by atoms with van der Waals surface area (Å²) in [6.07, 6.45) is 3.55. The number of carbonyl (C=O) groups excluding carboxylic acids is 2. The Morgan fingerprint density at radius 1 is 1.27 bits per heavy atom. The molecular formula is C22H27N3O5. The molecule has 4 rings (SSSR count). The van der Waals surface area contributed by atoms with Crippen LogP contribution in [0.25, 0.3) is 0 Å². The van der Waals surface area contributed by atoms with Crippen LogP contribution in [0.2, 0.25) is 0 Å². The van der Waals surface area contributed by atoms with Crippen LogP contribution in [0.1, 0.15) is 35.5 Å². The largest absolute Gasteiger partial charge is 0.484 e. The molecule has 3 heterocycles. The summed E-state index contributed by atoms with van der Waals surface area (Å²) in [5.41, 5.74) is -0.109. The number of oxazole rings is 1. The topological polar surface area (TPSA) is 96.1 Å². The average molecular weight is 413 g/mol. The number of hydrogen-bond donors (Lipinski definition) is 1. The maximum Gasteiger partial charge on any atom is 0.276 e. The minimum Gasteiger partial charge on any atom is -0.484 e. The molecule has 1 aromatic heterocycles. The third-order valence-corrected chi connectivity index (χ3v) is 6.41. The number of hydrogen-bond acceptors (Lipinski definition) is 6. The van der Waals surface area contributed by atoms with Gasteiger partial charge in [-0.05, 0) is 38.3 Å². The molecule has 2 atom stereocenters. The second-order valence-corrected chi connectivity index (χ2v) is 8.09. The molecule has 0 bridgehead atoms. The molecule has 2 aliphatic rings. The van der Waals surface area contributed by atoms with Crippen LogP contribution in [0.5, 0.6) is 5.75 Å². The number of amides is 2. The normalized spacial score (nSPS) is 23.7. The number of fused-ring (bicyclic) bond motifs is 1. The van der Waals surface area contributed by atoms with E-state index in [4.69, 9.17) is 9.15 Å². The highest BCUT2D eigenvalue weighted by Crippen LogP contribution is 2.42. The van der Waals surface area contributed by atoms with Crippen molar-refractivity contribution in [2.24, 2.45) is 5.41 Å². The molecule has 0 unspecified atom stereocenters. The fraction of sp³-hybridized carbons (Fsp3) is 0.500. The van der Waals surface area contributed by atoms with Crippen LogP contribution >= 0.6 is 0 Å². The molecule has 160 valence electrons. The fourth-order valence-electron chi connectivity index (χ4n) is 4.63. The summed E-state index contributed by atoms with van der Waals surface area (Å²) < 4.78 is 10.8. The van der Waals surface area contributed by atoms with Gasteiger partial charge in [0.25, 0.3) is 11.8 Å². The first-order valence-corrected chi connectivity index (χ1v) is 10.3. The summed E-state index contributed by atoms with van der Waals surface area (Å²) in [5.74, 6) is 0.781. The van der Waals surface area contributed by atoms with Crippen LogP contribution in [0, 0.1) is 12.3 Å².